The molecule has 4 nitrogen and oxygen atoms in total. The van der Waals surface area contributed by atoms with Gasteiger partial charge in [-0.25, -0.2) is 0 Å². The molecule has 1 N–H and O–H groups in total. The highest BCUT2D eigenvalue weighted by Crippen LogP contribution is 2.31. The van der Waals surface area contributed by atoms with E-state index in [1.54, 1.807) is 0 Å². The number of rotatable bonds is 3. The van der Waals surface area contributed by atoms with E-state index in [1.807, 2.05) is 18.2 Å². The van der Waals surface area contributed by atoms with Crippen LogP contribution < -0.4 is 5.32 Å². The van der Waals surface area contributed by atoms with E-state index in [2.05, 4.69) is 41.2 Å². The number of likely N-dealkylation sites (tertiary alicyclic amines) is 1. The molecule has 2 atom stereocenters. The van der Waals surface area contributed by atoms with E-state index < -0.39 is 0 Å². The molecule has 0 aliphatic carbocycles. The van der Waals surface area contributed by atoms with Gasteiger partial charge in [0.25, 0.3) is 0 Å². The van der Waals surface area contributed by atoms with Crippen molar-refractivity contribution in [2.45, 2.75) is 44.4 Å². The van der Waals surface area contributed by atoms with Crippen LogP contribution in [-0.4, -0.2) is 47.9 Å². The van der Waals surface area contributed by atoms with Crippen molar-refractivity contribution in [1.82, 2.24) is 15.1 Å². The molecule has 0 bridgehead atoms. The first-order chi connectivity index (χ1) is 10.2. The van der Waals surface area contributed by atoms with Gasteiger partial charge >= 0.3 is 0 Å². The molecule has 4 heteroatoms. The smallest absolute Gasteiger partial charge is 0.241 e. The number of hydrogen-bond acceptors (Lipinski definition) is 3. The zero-order chi connectivity index (χ0) is 14.8. The molecule has 2 saturated heterocycles. The quantitative estimate of drug-likeness (QED) is 0.923. The number of hydrogen-bond donors (Lipinski definition) is 1. The largest absolute Gasteiger partial charge is 0.318 e. The molecule has 2 aliphatic rings. The second-order valence-electron chi connectivity index (χ2n) is 6.22. The molecule has 1 amide bonds. The Hall–Kier alpha value is -1.39. The Bertz CT molecular complexity index is 482. The van der Waals surface area contributed by atoms with Crippen molar-refractivity contribution in [3.8, 4) is 0 Å². The SMILES string of the molecule is CCC1NC(c2ccccc2)N(C2CCN(C)CC2)C1=O. The maximum atomic E-state index is 12.8. The van der Waals surface area contributed by atoms with Crippen LogP contribution in [0.2, 0.25) is 0 Å². The minimum absolute atomic E-state index is 0.0325. The zero-order valence-electron chi connectivity index (χ0n) is 13.0. The first-order valence-corrected chi connectivity index (χ1v) is 8.02. The summed E-state index contributed by atoms with van der Waals surface area (Å²) in [6, 6.07) is 10.7. The van der Waals surface area contributed by atoms with E-state index >= 15 is 0 Å². The second kappa shape index (κ2) is 6.16. The molecule has 1 aromatic carbocycles. The molecule has 114 valence electrons. The van der Waals surface area contributed by atoms with Crippen LogP contribution in [0.5, 0.6) is 0 Å². The Morgan fingerprint density at radius 1 is 1.19 bits per heavy atom. The van der Waals surface area contributed by atoms with Crippen LogP contribution in [0.3, 0.4) is 0 Å². The highest BCUT2D eigenvalue weighted by molar-refractivity contribution is 5.84. The molecule has 1 aromatic rings. The van der Waals surface area contributed by atoms with Crippen molar-refractivity contribution in [1.29, 1.82) is 0 Å². The van der Waals surface area contributed by atoms with Crippen molar-refractivity contribution in [3.63, 3.8) is 0 Å². The molecule has 0 spiro atoms. The Morgan fingerprint density at radius 2 is 1.86 bits per heavy atom. The topological polar surface area (TPSA) is 35.6 Å². The van der Waals surface area contributed by atoms with Gasteiger partial charge in [0.1, 0.15) is 6.17 Å². The minimum atomic E-state index is -0.0325. The van der Waals surface area contributed by atoms with Gasteiger partial charge in [0, 0.05) is 6.04 Å². The van der Waals surface area contributed by atoms with E-state index in [9.17, 15) is 4.79 Å². The molecular weight excluding hydrogens is 262 g/mol. The lowest BCUT2D eigenvalue weighted by atomic mass is 10.0. The van der Waals surface area contributed by atoms with E-state index in [1.165, 1.54) is 5.56 Å². The summed E-state index contributed by atoms with van der Waals surface area (Å²) in [5, 5.41) is 3.53. The molecule has 2 fully saturated rings. The molecule has 2 heterocycles. The van der Waals surface area contributed by atoms with Crippen LogP contribution in [-0.2, 0) is 4.79 Å². The van der Waals surface area contributed by atoms with Crippen molar-refractivity contribution in [2.75, 3.05) is 20.1 Å². The van der Waals surface area contributed by atoms with Crippen LogP contribution in [0.1, 0.15) is 37.9 Å². The van der Waals surface area contributed by atoms with Gasteiger partial charge in [-0.1, -0.05) is 37.3 Å². The summed E-state index contributed by atoms with van der Waals surface area (Å²) in [4.78, 5) is 17.2. The van der Waals surface area contributed by atoms with Gasteiger partial charge in [-0.05, 0) is 45.0 Å². The zero-order valence-corrected chi connectivity index (χ0v) is 13.0. The Kier molecular flexibility index (Phi) is 4.27. The molecule has 2 unspecified atom stereocenters. The van der Waals surface area contributed by atoms with E-state index in [0.717, 1.165) is 32.4 Å². The minimum Gasteiger partial charge on any atom is -0.318 e. The number of carbonyl (C=O) groups excluding carboxylic acids is 1. The highest BCUT2D eigenvalue weighted by atomic mass is 16.2. The van der Waals surface area contributed by atoms with Crippen LogP contribution in [0.25, 0.3) is 0 Å². The normalized spacial score (nSPS) is 28.3. The second-order valence-corrected chi connectivity index (χ2v) is 6.22. The van der Waals surface area contributed by atoms with Gasteiger partial charge in [-0.2, -0.15) is 0 Å². The number of nitrogens with one attached hydrogen (secondary N) is 1. The summed E-state index contributed by atoms with van der Waals surface area (Å²) in [6.45, 7) is 4.23. The highest BCUT2D eigenvalue weighted by Gasteiger charge is 2.42. The Morgan fingerprint density at radius 3 is 2.48 bits per heavy atom. The third-order valence-corrected chi connectivity index (χ3v) is 4.79. The fourth-order valence-electron chi connectivity index (χ4n) is 3.50. The predicted molar refractivity (Wildman–Crippen MR) is 83.8 cm³/mol. The number of nitrogens with zero attached hydrogens (tertiary/aromatic N) is 2. The van der Waals surface area contributed by atoms with Crippen molar-refractivity contribution >= 4 is 5.91 Å². The number of piperidine rings is 1. The molecule has 2 aliphatic heterocycles. The van der Waals surface area contributed by atoms with Gasteiger partial charge < -0.3 is 9.80 Å². The van der Waals surface area contributed by atoms with Crippen molar-refractivity contribution < 1.29 is 4.79 Å². The third kappa shape index (κ3) is 2.83. The van der Waals surface area contributed by atoms with Crippen LogP contribution in [0.4, 0.5) is 0 Å². The van der Waals surface area contributed by atoms with E-state index in [-0.39, 0.29) is 18.1 Å². The average Bonchev–Trinajstić information content (AvgIpc) is 2.86. The third-order valence-electron chi connectivity index (χ3n) is 4.79. The maximum absolute atomic E-state index is 12.8. The van der Waals surface area contributed by atoms with Gasteiger partial charge in [0.15, 0.2) is 0 Å². The Labute approximate surface area is 127 Å². The van der Waals surface area contributed by atoms with Gasteiger partial charge in [0.2, 0.25) is 5.91 Å². The van der Waals surface area contributed by atoms with Gasteiger partial charge in [-0.15, -0.1) is 0 Å². The number of amides is 1. The first kappa shape index (κ1) is 14.5. The summed E-state index contributed by atoms with van der Waals surface area (Å²) in [5.74, 6) is 0.279. The van der Waals surface area contributed by atoms with E-state index in [4.69, 9.17) is 0 Å². The summed E-state index contributed by atoms with van der Waals surface area (Å²) >= 11 is 0. The fourth-order valence-corrected chi connectivity index (χ4v) is 3.50. The Balaban J connectivity index is 1.85. The monoisotopic (exact) mass is 287 g/mol. The molecular formula is C17H25N3O. The van der Waals surface area contributed by atoms with Crippen LogP contribution in [0.15, 0.2) is 30.3 Å². The molecule has 0 radical (unpaired) electrons. The van der Waals surface area contributed by atoms with Crippen LogP contribution >= 0.6 is 0 Å². The number of carbonyl (C=O) groups is 1. The van der Waals surface area contributed by atoms with Crippen LogP contribution in [0, 0.1) is 0 Å². The van der Waals surface area contributed by atoms with Gasteiger partial charge in [0.05, 0.1) is 6.04 Å². The summed E-state index contributed by atoms with van der Waals surface area (Å²) in [5.41, 5.74) is 1.20. The van der Waals surface area contributed by atoms with E-state index in [0.29, 0.717) is 6.04 Å². The average molecular weight is 287 g/mol. The van der Waals surface area contributed by atoms with Gasteiger partial charge in [-0.3, -0.25) is 10.1 Å². The van der Waals surface area contributed by atoms with Crippen molar-refractivity contribution in [3.05, 3.63) is 35.9 Å². The first-order valence-electron chi connectivity index (χ1n) is 8.02. The summed E-state index contributed by atoms with van der Waals surface area (Å²) in [7, 11) is 2.16. The summed E-state index contributed by atoms with van der Waals surface area (Å²) < 4.78 is 0. The summed E-state index contributed by atoms with van der Waals surface area (Å²) in [6.07, 6.45) is 3.04. The molecule has 0 saturated carbocycles. The predicted octanol–water partition coefficient (Wildman–Crippen LogP) is 1.99. The number of benzene rings is 1. The lowest BCUT2D eigenvalue weighted by Gasteiger charge is -2.38. The molecule has 3 rings (SSSR count). The maximum Gasteiger partial charge on any atom is 0.241 e. The fraction of sp³-hybridized carbons (Fsp3) is 0.588. The lowest BCUT2D eigenvalue weighted by molar-refractivity contribution is -0.133. The lowest BCUT2D eigenvalue weighted by Crippen LogP contribution is -2.46. The standard InChI is InChI=1S/C17H25N3O/c1-3-15-17(21)20(14-9-11-19(2)12-10-14)16(18-15)13-7-5-4-6-8-13/h4-8,14-16,18H,3,9-12H2,1-2H3. The van der Waals surface area contributed by atoms with Crippen molar-refractivity contribution in [2.24, 2.45) is 0 Å². The molecule has 0 aromatic heterocycles. The molecule has 21 heavy (non-hydrogen) atoms.